The molecule has 1 saturated heterocycles. The lowest BCUT2D eigenvalue weighted by Crippen LogP contribution is -2.33. The maximum absolute atomic E-state index is 11.8. The lowest BCUT2D eigenvalue weighted by Gasteiger charge is -2.20. The van der Waals surface area contributed by atoms with Gasteiger partial charge < -0.3 is 5.32 Å². The van der Waals surface area contributed by atoms with Gasteiger partial charge in [0.1, 0.15) is 0 Å². The van der Waals surface area contributed by atoms with Crippen molar-refractivity contribution in [1.29, 1.82) is 0 Å². The highest BCUT2D eigenvalue weighted by Gasteiger charge is 2.20. The predicted octanol–water partition coefficient (Wildman–Crippen LogP) is 1.98. The fourth-order valence-corrected chi connectivity index (χ4v) is 2.97. The molecule has 0 radical (unpaired) electrons. The van der Waals surface area contributed by atoms with Crippen LogP contribution in [0.25, 0.3) is 0 Å². The van der Waals surface area contributed by atoms with Crippen molar-refractivity contribution in [3.63, 3.8) is 0 Å². The van der Waals surface area contributed by atoms with Crippen molar-refractivity contribution in [2.24, 2.45) is 0 Å². The van der Waals surface area contributed by atoms with Crippen LogP contribution in [0.4, 0.5) is 0 Å². The van der Waals surface area contributed by atoms with Crippen molar-refractivity contribution in [2.45, 2.75) is 31.1 Å². The fourth-order valence-electron chi connectivity index (χ4n) is 1.75. The third-order valence-electron chi connectivity index (χ3n) is 2.69. The zero-order valence-corrected chi connectivity index (χ0v) is 10.0. The number of rotatable bonds is 3. The fraction of sp³-hybridized carbons (Fsp3) is 0.500. The predicted molar refractivity (Wildman–Crippen MR) is 66.2 cm³/mol. The van der Waals surface area contributed by atoms with Crippen LogP contribution in [-0.2, 0) is 11.3 Å². The Morgan fingerprint density at radius 3 is 2.94 bits per heavy atom. The van der Waals surface area contributed by atoms with Crippen LogP contribution >= 0.6 is 11.8 Å². The maximum atomic E-state index is 11.8. The van der Waals surface area contributed by atoms with E-state index in [0.29, 0.717) is 6.54 Å². The zero-order chi connectivity index (χ0) is 11.2. The molecule has 1 atom stereocenters. The van der Waals surface area contributed by atoms with Crippen molar-refractivity contribution in [3.8, 4) is 0 Å². The summed E-state index contributed by atoms with van der Waals surface area (Å²) in [5, 5.41) is 3.14. The first-order valence-electron chi connectivity index (χ1n) is 5.64. The number of thioether (sulfide) groups is 1. The third kappa shape index (κ3) is 3.23. The summed E-state index contributed by atoms with van der Waals surface area (Å²) in [6.45, 7) is 0.610. The molecular weight excluding hydrogens is 220 g/mol. The van der Waals surface area contributed by atoms with Crippen LogP contribution in [-0.4, -0.2) is 21.9 Å². The number of nitrogens with one attached hydrogen (secondary N) is 1. The van der Waals surface area contributed by atoms with E-state index in [-0.39, 0.29) is 11.2 Å². The van der Waals surface area contributed by atoms with Crippen LogP contribution in [0.5, 0.6) is 0 Å². The SMILES string of the molecule is O=C(NCc1ccncc1)C1CCCCS1. The maximum Gasteiger partial charge on any atom is 0.233 e. The van der Waals surface area contributed by atoms with Gasteiger partial charge in [-0.2, -0.15) is 0 Å². The molecule has 0 spiro atoms. The average Bonchev–Trinajstić information content (AvgIpc) is 2.38. The Kier molecular flexibility index (Phi) is 4.22. The van der Waals surface area contributed by atoms with E-state index in [4.69, 9.17) is 0 Å². The molecule has 0 saturated carbocycles. The number of aromatic nitrogens is 1. The van der Waals surface area contributed by atoms with Crippen molar-refractivity contribution < 1.29 is 4.79 Å². The van der Waals surface area contributed by atoms with Gasteiger partial charge in [0, 0.05) is 18.9 Å². The lowest BCUT2D eigenvalue weighted by atomic mass is 10.2. The Balaban J connectivity index is 1.79. The molecule has 1 aliphatic heterocycles. The molecule has 3 nitrogen and oxygen atoms in total. The molecule has 1 N–H and O–H groups in total. The van der Waals surface area contributed by atoms with Crippen molar-refractivity contribution >= 4 is 17.7 Å². The number of nitrogens with zero attached hydrogens (tertiary/aromatic N) is 1. The summed E-state index contributed by atoms with van der Waals surface area (Å²) < 4.78 is 0. The molecule has 1 aliphatic rings. The molecule has 1 aromatic rings. The van der Waals surface area contributed by atoms with Gasteiger partial charge in [0.2, 0.25) is 5.91 Å². The minimum atomic E-state index is 0.163. The summed E-state index contributed by atoms with van der Waals surface area (Å²) in [7, 11) is 0. The van der Waals surface area contributed by atoms with Gasteiger partial charge in [-0.25, -0.2) is 0 Å². The minimum absolute atomic E-state index is 0.163. The molecule has 2 heterocycles. The van der Waals surface area contributed by atoms with E-state index in [1.54, 1.807) is 24.2 Å². The molecule has 2 rings (SSSR count). The van der Waals surface area contributed by atoms with E-state index < -0.39 is 0 Å². The molecule has 0 aromatic carbocycles. The van der Waals surface area contributed by atoms with Crippen LogP contribution < -0.4 is 5.32 Å². The Bertz CT molecular complexity index is 336. The van der Waals surface area contributed by atoms with Crippen LogP contribution in [0.1, 0.15) is 24.8 Å². The highest BCUT2D eigenvalue weighted by Crippen LogP contribution is 2.24. The Morgan fingerprint density at radius 1 is 1.44 bits per heavy atom. The van der Waals surface area contributed by atoms with Gasteiger partial charge >= 0.3 is 0 Å². The van der Waals surface area contributed by atoms with Gasteiger partial charge in [0.05, 0.1) is 5.25 Å². The van der Waals surface area contributed by atoms with Gasteiger partial charge in [0.25, 0.3) is 0 Å². The number of carbonyl (C=O) groups excluding carboxylic acids is 1. The first-order chi connectivity index (χ1) is 7.86. The molecule has 1 unspecified atom stereocenters. The molecule has 86 valence electrons. The smallest absolute Gasteiger partial charge is 0.233 e. The van der Waals surface area contributed by atoms with E-state index >= 15 is 0 Å². The number of carbonyl (C=O) groups is 1. The Labute approximate surface area is 100 Å². The van der Waals surface area contributed by atoms with Gasteiger partial charge in [-0.3, -0.25) is 9.78 Å². The average molecular weight is 236 g/mol. The normalized spacial score (nSPS) is 20.4. The monoisotopic (exact) mass is 236 g/mol. The first-order valence-corrected chi connectivity index (χ1v) is 6.69. The summed E-state index contributed by atoms with van der Waals surface area (Å²) in [5.74, 6) is 1.30. The molecule has 1 amide bonds. The number of pyridine rings is 1. The van der Waals surface area contributed by atoms with Gasteiger partial charge in [-0.05, 0) is 36.3 Å². The standard InChI is InChI=1S/C12H16N2OS/c15-12(11-3-1-2-8-16-11)14-9-10-4-6-13-7-5-10/h4-7,11H,1-3,8-9H2,(H,14,15). The summed E-state index contributed by atoms with van der Waals surface area (Å²) in [4.78, 5) is 15.8. The number of hydrogen-bond donors (Lipinski definition) is 1. The second-order valence-electron chi connectivity index (χ2n) is 3.93. The summed E-state index contributed by atoms with van der Waals surface area (Å²) >= 11 is 1.78. The quantitative estimate of drug-likeness (QED) is 0.872. The van der Waals surface area contributed by atoms with E-state index in [1.807, 2.05) is 12.1 Å². The summed E-state index contributed by atoms with van der Waals surface area (Å²) in [6.07, 6.45) is 6.94. The molecule has 16 heavy (non-hydrogen) atoms. The molecular formula is C12H16N2OS. The molecule has 1 fully saturated rings. The number of amides is 1. The van der Waals surface area contributed by atoms with E-state index in [1.165, 1.54) is 12.8 Å². The molecule has 4 heteroatoms. The van der Waals surface area contributed by atoms with Crippen molar-refractivity contribution in [1.82, 2.24) is 10.3 Å². The third-order valence-corrected chi connectivity index (χ3v) is 4.06. The summed E-state index contributed by atoms with van der Waals surface area (Å²) in [6, 6.07) is 3.85. The Hall–Kier alpha value is -1.03. The highest BCUT2D eigenvalue weighted by atomic mass is 32.2. The number of hydrogen-bond acceptors (Lipinski definition) is 3. The largest absolute Gasteiger partial charge is 0.351 e. The Morgan fingerprint density at radius 2 is 2.25 bits per heavy atom. The van der Waals surface area contributed by atoms with Crippen LogP contribution in [0.15, 0.2) is 24.5 Å². The van der Waals surface area contributed by atoms with E-state index in [0.717, 1.165) is 17.7 Å². The van der Waals surface area contributed by atoms with Gasteiger partial charge in [-0.1, -0.05) is 6.42 Å². The zero-order valence-electron chi connectivity index (χ0n) is 9.19. The second kappa shape index (κ2) is 5.89. The van der Waals surface area contributed by atoms with E-state index in [2.05, 4.69) is 10.3 Å². The van der Waals surface area contributed by atoms with Crippen molar-refractivity contribution in [2.75, 3.05) is 5.75 Å². The topological polar surface area (TPSA) is 42.0 Å². The van der Waals surface area contributed by atoms with Gasteiger partial charge in [0.15, 0.2) is 0 Å². The lowest BCUT2D eigenvalue weighted by molar-refractivity contribution is -0.120. The van der Waals surface area contributed by atoms with E-state index in [9.17, 15) is 4.79 Å². The minimum Gasteiger partial charge on any atom is -0.351 e. The molecule has 0 aliphatic carbocycles. The highest BCUT2D eigenvalue weighted by molar-refractivity contribution is 8.00. The van der Waals surface area contributed by atoms with Crippen LogP contribution in [0.2, 0.25) is 0 Å². The molecule has 0 bridgehead atoms. The molecule has 1 aromatic heterocycles. The first kappa shape index (κ1) is 11.5. The second-order valence-corrected chi connectivity index (χ2v) is 5.24. The summed E-state index contributed by atoms with van der Waals surface area (Å²) in [5.41, 5.74) is 1.10. The van der Waals surface area contributed by atoms with Crippen LogP contribution in [0, 0.1) is 0 Å². The van der Waals surface area contributed by atoms with Crippen molar-refractivity contribution in [3.05, 3.63) is 30.1 Å². The van der Waals surface area contributed by atoms with Crippen LogP contribution in [0.3, 0.4) is 0 Å². The van der Waals surface area contributed by atoms with Gasteiger partial charge in [-0.15, -0.1) is 11.8 Å².